The minimum Gasteiger partial charge on any atom is -0.380 e. The molecule has 3 aromatic heterocycles. The summed E-state index contributed by atoms with van der Waals surface area (Å²) in [6.45, 7) is 1.99. The van der Waals surface area contributed by atoms with E-state index in [0.717, 1.165) is 12.1 Å². The molecule has 1 atom stereocenters. The molecule has 3 aromatic rings. The standard InChI is InChI=1S/C16H20N8O2/c1-21-14(3-4-18-21)16(26)13-9-12-10-22(6-2-7-24(12)19-13)15(25)11-23-8-5-17-20-23/h3-5,8-9,16,26H,2,6-7,10-11H2,1H3/t16-/m1/s1. The summed E-state index contributed by atoms with van der Waals surface area (Å²) >= 11 is 0. The normalized spacial score (nSPS) is 15.5. The van der Waals surface area contributed by atoms with Gasteiger partial charge in [-0.15, -0.1) is 5.10 Å². The number of aryl methyl sites for hydroxylation is 2. The number of aliphatic hydroxyl groups is 1. The van der Waals surface area contributed by atoms with Crippen LogP contribution in [0.4, 0.5) is 0 Å². The Kier molecular flexibility index (Phi) is 4.25. The van der Waals surface area contributed by atoms with Gasteiger partial charge in [0, 0.05) is 32.5 Å². The van der Waals surface area contributed by atoms with Crippen molar-refractivity contribution in [1.82, 2.24) is 39.5 Å². The van der Waals surface area contributed by atoms with Crippen molar-refractivity contribution in [2.24, 2.45) is 7.05 Å². The molecule has 0 bridgehead atoms. The fourth-order valence-corrected chi connectivity index (χ4v) is 3.19. The first-order chi connectivity index (χ1) is 12.6. The van der Waals surface area contributed by atoms with Crippen molar-refractivity contribution in [2.45, 2.75) is 32.2 Å². The summed E-state index contributed by atoms with van der Waals surface area (Å²) in [6.07, 6.45) is 4.82. The molecule has 1 amide bonds. The third-order valence-electron chi connectivity index (χ3n) is 4.57. The van der Waals surface area contributed by atoms with Crippen LogP contribution in [0.5, 0.6) is 0 Å². The summed E-state index contributed by atoms with van der Waals surface area (Å²) in [5.74, 6) is -0.0149. The van der Waals surface area contributed by atoms with E-state index in [1.54, 1.807) is 41.3 Å². The summed E-state index contributed by atoms with van der Waals surface area (Å²) in [6, 6.07) is 3.63. The lowest BCUT2D eigenvalue weighted by molar-refractivity contribution is -0.132. The average Bonchev–Trinajstić information content (AvgIpc) is 3.34. The molecule has 1 aliphatic heterocycles. The van der Waals surface area contributed by atoms with Crippen LogP contribution >= 0.6 is 0 Å². The SMILES string of the molecule is Cn1nccc1[C@H](O)c1cc2n(n1)CCCN(C(=O)Cn1ccnn1)C2. The van der Waals surface area contributed by atoms with Crippen LogP contribution in [0, 0.1) is 0 Å². The van der Waals surface area contributed by atoms with Gasteiger partial charge < -0.3 is 10.0 Å². The van der Waals surface area contributed by atoms with Gasteiger partial charge in [-0.3, -0.25) is 14.2 Å². The largest absolute Gasteiger partial charge is 0.380 e. The maximum absolute atomic E-state index is 12.5. The molecule has 10 heteroatoms. The monoisotopic (exact) mass is 356 g/mol. The fourth-order valence-electron chi connectivity index (χ4n) is 3.19. The smallest absolute Gasteiger partial charge is 0.244 e. The molecule has 4 rings (SSSR count). The fraction of sp³-hybridized carbons (Fsp3) is 0.438. The van der Waals surface area contributed by atoms with Gasteiger partial charge >= 0.3 is 0 Å². The lowest BCUT2D eigenvalue weighted by Crippen LogP contribution is -2.33. The Morgan fingerprint density at radius 3 is 2.96 bits per heavy atom. The van der Waals surface area contributed by atoms with Crippen LogP contribution in [0.2, 0.25) is 0 Å². The molecule has 4 heterocycles. The first-order valence-corrected chi connectivity index (χ1v) is 8.46. The lowest BCUT2D eigenvalue weighted by atomic mass is 10.2. The Morgan fingerprint density at radius 1 is 1.35 bits per heavy atom. The van der Waals surface area contributed by atoms with E-state index in [0.29, 0.717) is 31.0 Å². The average molecular weight is 356 g/mol. The zero-order valence-corrected chi connectivity index (χ0v) is 14.4. The highest BCUT2D eigenvalue weighted by Gasteiger charge is 2.24. The van der Waals surface area contributed by atoms with Crippen molar-refractivity contribution >= 4 is 5.91 Å². The highest BCUT2D eigenvalue weighted by atomic mass is 16.3. The highest BCUT2D eigenvalue weighted by Crippen LogP contribution is 2.23. The van der Waals surface area contributed by atoms with E-state index in [-0.39, 0.29) is 12.5 Å². The van der Waals surface area contributed by atoms with Crippen molar-refractivity contribution in [2.75, 3.05) is 6.54 Å². The minimum atomic E-state index is -0.846. The van der Waals surface area contributed by atoms with E-state index < -0.39 is 6.10 Å². The lowest BCUT2D eigenvalue weighted by Gasteiger charge is -2.19. The molecule has 0 spiro atoms. The number of carbonyl (C=O) groups is 1. The number of fused-ring (bicyclic) bond motifs is 1. The number of rotatable bonds is 4. The first-order valence-electron chi connectivity index (χ1n) is 8.46. The quantitative estimate of drug-likeness (QED) is 0.689. The Bertz CT molecular complexity index is 897. The topological polar surface area (TPSA) is 107 Å². The number of nitrogens with zero attached hydrogens (tertiary/aromatic N) is 8. The predicted octanol–water partition coefficient (Wildman–Crippen LogP) is -0.278. The summed E-state index contributed by atoms with van der Waals surface area (Å²) in [7, 11) is 1.78. The van der Waals surface area contributed by atoms with E-state index in [9.17, 15) is 9.90 Å². The van der Waals surface area contributed by atoms with E-state index in [1.807, 2.05) is 10.7 Å². The number of hydrogen-bond acceptors (Lipinski definition) is 6. The zero-order chi connectivity index (χ0) is 18.1. The van der Waals surface area contributed by atoms with Gasteiger partial charge in [-0.1, -0.05) is 5.21 Å². The Morgan fingerprint density at radius 2 is 2.23 bits per heavy atom. The van der Waals surface area contributed by atoms with Crippen LogP contribution in [0.1, 0.15) is 29.6 Å². The molecule has 0 aromatic carbocycles. The first kappa shape index (κ1) is 16.5. The van der Waals surface area contributed by atoms with Gasteiger partial charge in [0.1, 0.15) is 12.6 Å². The molecule has 0 fully saturated rings. The number of aromatic nitrogens is 7. The number of amides is 1. The summed E-state index contributed by atoms with van der Waals surface area (Å²) in [5, 5.41) is 26.8. The van der Waals surface area contributed by atoms with Crippen molar-refractivity contribution in [3.63, 3.8) is 0 Å². The van der Waals surface area contributed by atoms with Gasteiger partial charge in [0.25, 0.3) is 0 Å². The second kappa shape index (κ2) is 6.71. The van der Waals surface area contributed by atoms with E-state index in [4.69, 9.17) is 0 Å². The second-order valence-electron chi connectivity index (χ2n) is 6.34. The second-order valence-corrected chi connectivity index (χ2v) is 6.34. The van der Waals surface area contributed by atoms with Crippen LogP contribution in [-0.2, 0) is 31.5 Å². The minimum absolute atomic E-state index is 0.0149. The van der Waals surface area contributed by atoms with Gasteiger partial charge in [0.05, 0.1) is 29.8 Å². The third-order valence-corrected chi connectivity index (χ3v) is 4.57. The van der Waals surface area contributed by atoms with Crippen LogP contribution in [0.25, 0.3) is 0 Å². The van der Waals surface area contributed by atoms with E-state index in [2.05, 4.69) is 20.5 Å². The van der Waals surface area contributed by atoms with E-state index in [1.165, 1.54) is 4.68 Å². The van der Waals surface area contributed by atoms with Crippen molar-refractivity contribution in [1.29, 1.82) is 0 Å². The van der Waals surface area contributed by atoms with Crippen molar-refractivity contribution < 1.29 is 9.90 Å². The molecule has 0 radical (unpaired) electrons. The van der Waals surface area contributed by atoms with Crippen molar-refractivity contribution in [3.05, 3.63) is 47.8 Å². The van der Waals surface area contributed by atoms with Gasteiger partial charge in [0.15, 0.2) is 0 Å². The molecule has 0 saturated heterocycles. The van der Waals surface area contributed by atoms with Gasteiger partial charge in [0.2, 0.25) is 5.91 Å². The maximum atomic E-state index is 12.5. The van der Waals surface area contributed by atoms with Gasteiger partial charge in [-0.2, -0.15) is 10.2 Å². The Labute approximate surface area is 149 Å². The molecular formula is C16H20N8O2. The van der Waals surface area contributed by atoms with Gasteiger partial charge in [-0.05, 0) is 18.6 Å². The predicted molar refractivity (Wildman–Crippen MR) is 89.6 cm³/mol. The number of aliphatic hydroxyl groups excluding tert-OH is 1. The molecule has 0 saturated carbocycles. The Balaban J connectivity index is 1.52. The number of carbonyl (C=O) groups excluding carboxylic acids is 1. The highest BCUT2D eigenvalue weighted by molar-refractivity contribution is 5.75. The molecule has 1 N–H and O–H groups in total. The molecule has 0 unspecified atom stereocenters. The molecule has 1 aliphatic rings. The van der Waals surface area contributed by atoms with Crippen LogP contribution in [0.15, 0.2) is 30.7 Å². The molecule has 10 nitrogen and oxygen atoms in total. The van der Waals surface area contributed by atoms with Gasteiger partial charge in [-0.25, -0.2) is 4.68 Å². The molecule has 0 aliphatic carbocycles. The number of hydrogen-bond donors (Lipinski definition) is 1. The maximum Gasteiger partial charge on any atom is 0.244 e. The molecule has 136 valence electrons. The van der Waals surface area contributed by atoms with E-state index >= 15 is 0 Å². The van der Waals surface area contributed by atoms with Crippen LogP contribution in [-0.4, -0.2) is 57.0 Å². The van der Waals surface area contributed by atoms with Crippen molar-refractivity contribution in [3.8, 4) is 0 Å². The zero-order valence-electron chi connectivity index (χ0n) is 14.4. The summed E-state index contributed by atoms with van der Waals surface area (Å²) in [4.78, 5) is 14.3. The molecule has 26 heavy (non-hydrogen) atoms. The van der Waals surface area contributed by atoms with Crippen LogP contribution in [0.3, 0.4) is 0 Å². The summed E-state index contributed by atoms with van der Waals surface area (Å²) < 4.78 is 5.02. The Hall–Kier alpha value is -3.01. The van der Waals surface area contributed by atoms with Crippen LogP contribution < -0.4 is 0 Å². The summed E-state index contributed by atoms with van der Waals surface area (Å²) in [5.41, 5.74) is 2.15. The third kappa shape index (κ3) is 3.10. The molecular weight excluding hydrogens is 336 g/mol.